The number of nitrogens with zero attached hydrogens (tertiary/aromatic N) is 3. The van der Waals surface area contributed by atoms with Gasteiger partial charge in [-0.25, -0.2) is 4.98 Å². The van der Waals surface area contributed by atoms with Crippen LogP contribution in [-0.2, 0) is 0 Å². The Hall–Kier alpha value is -1.50. The van der Waals surface area contributed by atoms with Crippen LogP contribution in [-0.4, -0.2) is 19.1 Å². The third kappa shape index (κ3) is 1.35. The molecule has 0 aromatic carbocycles. The van der Waals surface area contributed by atoms with Crippen molar-refractivity contribution in [2.24, 2.45) is 0 Å². The molecule has 1 aromatic heterocycles. The third-order valence-electron chi connectivity index (χ3n) is 2.59. The molecular formula is C10H13N3O. The monoisotopic (exact) mass is 191 g/mol. The number of hydrogen-bond donors (Lipinski definition) is 0. The zero-order valence-corrected chi connectivity index (χ0v) is 8.45. The van der Waals surface area contributed by atoms with Crippen molar-refractivity contribution in [3.05, 3.63) is 11.6 Å². The Labute approximate surface area is 83.1 Å². The smallest absolute Gasteiger partial charge is 0.234 e. The molecule has 0 atom stereocenters. The highest BCUT2D eigenvalue weighted by molar-refractivity contribution is 5.46. The highest BCUT2D eigenvalue weighted by atomic mass is 16.4. The minimum atomic E-state index is 0.400. The molecular weight excluding hydrogens is 178 g/mol. The largest absolute Gasteiger partial charge is 0.423 e. The lowest BCUT2D eigenvalue weighted by molar-refractivity contribution is 0.336. The lowest BCUT2D eigenvalue weighted by atomic mass is 9.85. The first-order chi connectivity index (χ1) is 6.72. The average Bonchev–Trinajstić information content (AvgIpc) is 2.45. The van der Waals surface area contributed by atoms with E-state index in [1.165, 1.54) is 6.42 Å². The molecule has 1 aromatic rings. The van der Waals surface area contributed by atoms with Gasteiger partial charge in [-0.3, -0.25) is 0 Å². The van der Waals surface area contributed by atoms with Crippen LogP contribution in [0.3, 0.4) is 0 Å². The summed E-state index contributed by atoms with van der Waals surface area (Å²) in [6, 6.07) is 2.05. The van der Waals surface area contributed by atoms with Crippen LogP contribution in [0.15, 0.2) is 4.42 Å². The first-order valence-corrected chi connectivity index (χ1v) is 4.80. The summed E-state index contributed by atoms with van der Waals surface area (Å²) in [4.78, 5) is 5.99. The molecule has 1 aliphatic rings. The van der Waals surface area contributed by atoms with Crippen LogP contribution in [0.2, 0.25) is 0 Å². The molecule has 14 heavy (non-hydrogen) atoms. The summed E-state index contributed by atoms with van der Waals surface area (Å²) in [6.45, 7) is 0. The second-order valence-corrected chi connectivity index (χ2v) is 3.84. The lowest BCUT2D eigenvalue weighted by Gasteiger charge is -2.21. The van der Waals surface area contributed by atoms with Crippen LogP contribution < -0.4 is 4.90 Å². The maximum atomic E-state index is 8.85. The van der Waals surface area contributed by atoms with Gasteiger partial charge in [0.25, 0.3) is 0 Å². The molecule has 0 aliphatic heterocycles. The number of anilines is 1. The van der Waals surface area contributed by atoms with Gasteiger partial charge in [-0.15, -0.1) is 0 Å². The summed E-state index contributed by atoms with van der Waals surface area (Å²) in [5.41, 5.74) is 0.400. The minimum absolute atomic E-state index is 0.400. The van der Waals surface area contributed by atoms with Gasteiger partial charge < -0.3 is 9.32 Å². The predicted octanol–water partition coefficient (Wildman–Crippen LogP) is 1.88. The van der Waals surface area contributed by atoms with E-state index >= 15 is 0 Å². The van der Waals surface area contributed by atoms with Crippen molar-refractivity contribution >= 4 is 5.88 Å². The molecule has 0 N–H and O–H groups in total. The second-order valence-electron chi connectivity index (χ2n) is 3.84. The first-order valence-electron chi connectivity index (χ1n) is 4.80. The van der Waals surface area contributed by atoms with E-state index in [-0.39, 0.29) is 0 Å². The summed E-state index contributed by atoms with van der Waals surface area (Å²) in [7, 11) is 3.71. The van der Waals surface area contributed by atoms with Gasteiger partial charge in [0.15, 0.2) is 0 Å². The Kier molecular flexibility index (Phi) is 2.16. The molecule has 0 radical (unpaired) electrons. The molecule has 0 unspecified atom stereocenters. The first kappa shape index (κ1) is 9.07. The zero-order valence-electron chi connectivity index (χ0n) is 8.45. The van der Waals surface area contributed by atoms with E-state index in [0.29, 0.717) is 17.5 Å². The quantitative estimate of drug-likeness (QED) is 0.716. The van der Waals surface area contributed by atoms with Crippen molar-refractivity contribution in [2.75, 3.05) is 19.0 Å². The van der Waals surface area contributed by atoms with Crippen LogP contribution in [0.4, 0.5) is 5.88 Å². The van der Waals surface area contributed by atoms with E-state index in [0.717, 1.165) is 18.7 Å². The van der Waals surface area contributed by atoms with Crippen molar-refractivity contribution in [3.8, 4) is 6.07 Å². The predicted molar refractivity (Wildman–Crippen MR) is 52.1 cm³/mol. The van der Waals surface area contributed by atoms with Gasteiger partial charge in [-0.05, 0) is 12.8 Å². The van der Waals surface area contributed by atoms with Crippen molar-refractivity contribution < 1.29 is 4.42 Å². The fraction of sp³-hybridized carbons (Fsp3) is 0.600. The average molecular weight is 191 g/mol. The normalized spacial score (nSPS) is 16.1. The van der Waals surface area contributed by atoms with E-state index in [1.54, 1.807) is 4.90 Å². The Bertz CT molecular complexity index is 371. The lowest BCUT2D eigenvalue weighted by Crippen LogP contribution is -2.09. The molecule has 74 valence electrons. The van der Waals surface area contributed by atoms with Crippen molar-refractivity contribution in [2.45, 2.75) is 25.2 Å². The molecule has 1 heterocycles. The molecule has 4 nitrogen and oxygen atoms in total. The van der Waals surface area contributed by atoms with E-state index in [4.69, 9.17) is 9.68 Å². The van der Waals surface area contributed by atoms with Gasteiger partial charge in [0.1, 0.15) is 6.07 Å². The third-order valence-corrected chi connectivity index (χ3v) is 2.59. The number of nitriles is 1. The number of oxazole rings is 1. The molecule has 1 aliphatic carbocycles. The summed E-state index contributed by atoms with van der Waals surface area (Å²) < 4.78 is 5.56. The van der Waals surface area contributed by atoms with Gasteiger partial charge in [0.05, 0.1) is 0 Å². The molecule has 0 spiro atoms. The Morgan fingerprint density at radius 1 is 1.50 bits per heavy atom. The fourth-order valence-electron chi connectivity index (χ4n) is 1.53. The van der Waals surface area contributed by atoms with Gasteiger partial charge in [-0.1, -0.05) is 6.42 Å². The van der Waals surface area contributed by atoms with E-state index < -0.39 is 0 Å². The number of hydrogen-bond acceptors (Lipinski definition) is 4. The fourth-order valence-corrected chi connectivity index (χ4v) is 1.53. The summed E-state index contributed by atoms with van der Waals surface area (Å²) in [5, 5.41) is 8.85. The van der Waals surface area contributed by atoms with E-state index in [2.05, 4.69) is 11.1 Å². The topological polar surface area (TPSA) is 53.1 Å². The van der Waals surface area contributed by atoms with Crippen molar-refractivity contribution in [3.63, 3.8) is 0 Å². The summed E-state index contributed by atoms with van der Waals surface area (Å²) >= 11 is 0. The number of rotatable bonds is 2. The Morgan fingerprint density at radius 2 is 2.21 bits per heavy atom. The van der Waals surface area contributed by atoms with Crippen molar-refractivity contribution in [1.29, 1.82) is 5.26 Å². The second kappa shape index (κ2) is 3.33. The molecule has 2 rings (SSSR count). The molecule has 0 saturated heterocycles. The molecule has 0 amide bonds. The van der Waals surface area contributed by atoms with Crippen molar-refractivity contribution in [1.82, 2.24) is 4.98 Å². The molecule has 4 heteroatoms. The van der Waals surface area contributed by atoms with Crippen LogP contribution in [0.5, 0.6) is 0 Å². The van der Waals surface area contributed by atoms with Gasteiger partial charge in [0.2, 0.25) is 17.5 Å². The van der Waals surface area contributed by atoms with Gasteiger partial charge >= 0.3 is 0 Å². The minimum Gasteiger partial charge on any atom is -0.423 e. The number of aromatic nitrogens is 1. The zero-order chi connectivity index (χ0) is 10.1. The van der Waals surface area contributed by atoms with E-state index in [1.807, 2.05) is 14.1 Å². The summed E-state index contributed by atoms with van der Waals surface area (Å²) in [6.07, 6.45) is 3.52. The van der Waals surface area contributed by atoms with Crippen LogP contribution in [0.25, 0.3) is 0 Å². The Morgan fingerprint density at radius 3 is 2.57 bits per heavy atom. The maximum absolute atomic E-state index is 8.85. The standard InChI is InChI=1S/C10H13N3O/c1-13(2)10-8(6-11)12-9(14-10)7-4-3-5-7/h7H,3-5H2,1-2H3. The van der Waals surface area contributed by atoms with Gasteiger partial charge in [-0.2, -0.15) is 5.26 Å². The SMILES string of the molecule is CN(C)c1oc(C2CCC2)nc1C#N. The van der Waals surface area contributed by atoms with Crippen LogP contribution in [0, 0.1) is 11.3 Å². The van der Waals surface area contributed by atoms with Crippen LogP contribution >= 0.6 is 0 Å². The highest BCUT2D eigenvalue weighted by Gasteiger charge is 2.26. The Balaban J connectivity index is 2.31. The maximum Gasteiger partial charge on any atom is 0.234 e. The highest BCUT2D eigenvalue weighted by Crippen LogP contribution is 2.37. The molecule has 0 bridgehead atoms. The molecule has 1 saturated carbocycles. The van der Waals surface area contributed by atoms with Crippen LogP contribution in [0.1, 0.15) is 36.8 Å². The summed E-state index contributed by atoms with van der Waals surface area (Å²) in [5.74, 6) is 1.75. The van der Waals surface area contributed by atoms with Gasteiger partial charge in [0, 0.05) is 20.0 Å². The molecule has 1 fully saturated rings. The van der Waals surface area contributed by atoms with E-state index in [9.17, 15) is 0 Å².